The van der Waals surface area contributed by atoms with Crippen LogP contribution in [0.25, 0.3) is 0 Å². The van der Waals surface area contributed by atoms with Gasteiger partial charge in [0.15, 0.2) is 5.79 Å². The molecule has 3 aromatic rings. The van der Waals surface area contributed by atoms with Crippen molar-refractivity contribution in [2.45, 2.75) is 31.3 Å². The molecule has 0 unspecified atom stereocenters. The van der Waals surface area contributed by atoms with Crippen LogP contribution in [0.3, 0.4) is 0 Å². The third-order valence-corrected chi connectivity index (χ3v) is 5.82. The van der Waals surface area contributed by atoms with Gasteiger partial charge in [0.2, 0.25) is 0 Å². The molecule has 1 saturated heterocycles. The van der Waals surface area contributed by atoms with Gasteiger partial charge in [0.25, 0.3) is 0 Å². The molecule has 0 saturated carbocycles. The standard InChI is InChI=1S/C22H22ClIN2O3/c23-18-3-1-17(2-4-18)9-10-22(15-26-12-11-25-16-26)28-14-21(29-22)13-27-20-7-5-19(24)6-8-20/h1-8,11-12,16,21H,9-10,13-15H2/t21-,22+/m0/s1. The molecule has 2 aromatic carbocycles. The van der Waals surface area contributed by atoms with E-state index in [1.54, 1.807) is 12.5 Å². The summed E-state index contributed by atoms with van der Waals surface area (Å²) in [5.74, 6) is 0.128. The van der Waals surface area contributed by atoms with Gasteiger partial charge in [-0.1, -0.05) is 23.7 Å². The molecule has 29 heavy (non-hydrogen) atoms. The molecular formula is C22H22ClIN2O3. The number of hydrogen-bond acceptors (Lipinski definition) is 4. The van der Waals surface area contributed by atoms with Gasteiger partial charge in [-0.15, -0.1) is 0 Å². The number of ether oxygens (including phenoxy) is 3. The minimum absolute atomic E-state index is 0.122. The highest BCUT2D eigenvalue weighted by Gasteiger charge is 2.42. The lowest BCUT2D eigenvalue weighted by Crippen LogP contribution is -2.37. The van der Waals surface area contributed by atoms with Crippen molar-refractivity contribution in [3.8, 4) is 5.75 Å². The number of aryl methyl sites for hydroxylation is 1. The second-order valence-electron chi connectivity index (χ2n) is 7.09. The lowest BCUT2D eigenvalue weighted by Gasteiger charge is -2.28. The zero-order chi connectivity index (χ0) is 20.1. The highest BCUT2D eigenvalue weighted by molar-refractivity contribution is 14.1. The maximum absolute atomic E-state index is 6.39. The topological polar surface area (TPSA) is 45.5 Å². The van der Waals surface area contributed by atoms with Gasteiger partial charge in [0.05, 0.1) is 19.5 Å². The summed E-state index contributed by atoms with van der Waals surface area (Å²) in [6, 6.07) is 15.9. The first kappa shape index (κ1) is 20.7. The fourth-order valence-corrected chi connectivity index (χ4v) is 3.84. The Balaban J connectivity index is 1.40. The Morgan fingerprint density at radius 3 is 2.69 bits per heavy atom. The number of imidazole rings is 1. The fraction of sp³-hybridized carbons (Fsp3) is 0.318. The van der Waals surface area contributed by atoms with Gasteiger partial charge < -0.3 is 18.8 Å². The molecule has 0 amide bonds. The van der Waals surface area contributed by atoms with E-state index in [0.717, 1.165) is 23.6 Å². The molecule has 2 atom stereocenters. The van der Waals surface area contributed by atoms with Crippen LogP contribution in [0.2, 0.25) is 5.02 Å². The van der Waals surface area contributed by atoms with Crippen molar-refractivity contribution in [2.24, 2.45) is 0 Å². The van der Waals surface area contributed by atoms with Crippen molar-refractivity contribution >= 4 is 34.2 Å². The predicted octanol–water partition coefficient (Wildman–Crippen LogP) is 4.96. The summed E-state index contributed by atoms with van der Waals surface area (Å²) in [6.07, 6.45) is 6.91. The number of rotatable bonds is 8. The number of benzene rings is 2. The van der Waals surface area contributed by atoms with Crippen LogP contribution in [0.4, 0.5) is 0 Å². The van der Waals surface area contributed by atoms with E-state index in [4.69, 9.17) is 25.8 Å². The normalized spacial score (nSPS) is 21.4. The quantitative estimate of drug-likeness (QED) is 0.391. The summed E-state index contributed by atoms with van der Waals surface area (Å²) in [5.41, 5.74) is 1.20. The summed E-state index contributed by atoms with van der Waals surface area (Å²) in [6.45, 7) is 1.54. The van der Waals surface area contributed by atoms with Gasteiger partial charge in [-0.2, -0.15) is 0 Å². The van der Waals surface area contributed by atoms with Crippen molar-refractivity contribution in [2.75, 3.05) is 13.2 Å². The predicted molar refractivity (Wildman–Crippen MR) is 120 cm³/mol. The molecule has 1 aliphatic rings. The molecule has 0 radical (unpaired) electrons. The van der Waals surface area contributed by atoms with Gasteiger partial charge in [0, 0.05) is 27.4 Å². The van der Waals surface area contributed by atoms with Crippen molar-refractivity contribution in [3.05, 3.63) is 81.4 Å². The van der Waals surface area contributed by atoms with Crippen molar-refractivity contribution < 1.29 is 14.2 Å². The third-order valence-electron chi connectivity index (χ3n) is 4.85. The van der Waals surface area contributed by atoms with Crippen LogP contribution < -0.4 is 4.74 Å². The Bertz CT molecular complexity index is 903. The van der Waals surface area contributed by atoms with Gasteiger partial charge in [-0.3, -0.25) is 0 Å². The maximum atomic E-state index is 6.39. The maximum Gasteiger partial charge on any atom is 0.187 e. The Labute approximate surface area is 189 Å². The van der Waals surface area contributed by atoms with E-state index >= 15 is 0 Å². The number of hydrogen-bond donors (Lipinski definition) is 0. The monoisotopic (exact) mass is 524 g/mol. The summed E-state index contributed by atoms with van der Waals surface area (Å²) in [5, 5.41) is 0.739. The molecule has 1 fully saturated rings. The lowest BCUT2D eigenvalue weighted by molar-refractivity contribution is -0.184. The Morgan fingerprint density at radius 2 is 1.97 bits per heavy atom. The summed E-state index contributed by atoms with van der Waals surface area (Å²) in [7, 11) is 0. The molecule has 5 nitrogen and oxygen atoms in total. The third kappa shape index (κ3) is 5.72. The molecule has 0 spiro atoms. The largest absolute Gasteiger partial charge is 0.491 e. The van der Waals surface area contributed by atoms with E-state index in [9.17, 15) is 0 Å². The number of aromatic nitrogens is 2. The average molecular weight is 525 g/mol. The first-order valence-corrected chi connectivity index (χ1v) is 11.0. The molecule has 0 bridgehead atoms. The molecule has 1 aliphatic heterocycles. The van der Waals surface area contributed by atoms with Crippen molar-refractivity contribution in [1.29, 1.82) is 0 Å². The molecular weight excluding hydrogens is 503 g/mol. The van der Waals surface area contributed by atoms with Crippen LogP contribution in [-0.4, -0.2) is 34.7 Å². The Kier molecular flexibility index (Phi) is 6.74. The van der Waals surface area contributed by atoms with E-state index in [2.05, 4.69) is 27.6 Å². The Morgan fingerprint density at radius 1 is 1.17 bits per heavy atom. The highest BCUT2D eigenvalue weighted by atomic mass is 127. The first-order chi connectivity index (χ1) is 14.1. The van der Waals surface area contributed by atoms with Crippen LogP contribution in [0.1, 0.15) is 12.0 Å². The van der Waals surface area contributed by atoms with Gasteiger partial charge in [-0.05, 0) is 71.0 Å². The molecule has 0 N–H and O–H groups in total. The Hall–Kier alpha value is -1.61. The van der Waals surface area contributed by atoms with Crippen molar-refractivity contribution in [1.82, 2.24) is 9.55 Å². The molecule has 4 rings (SSSR count). The average Bonchev–Trinajstić information content (AvgIpc) is 3.38. The summed E-state index contributed by atoms with van der Waals surface area (Å²) in [4.78, 5) is 4.14. The van der Waals surface area contributed by atoms with Crippen molar-refractivity contribution in [3.63, 3.8) is 0 Å². The van der Waals surface area contributed by atoms with Crippen LogP contribution in [0.15, 0.2) is 67.3 Å². The zero-order valence-electron chi connectivity index (χ0n) is 15.8. The van der Waals surface area contributed by atoms with Gasteiger partial charge in [0.1, 0.15) is 18.5 Å². The van der Waals surface area contributed by atoms with Crippen LogP contribution in [-0.2, 0) is 22.4 Å². The van der Waals surface area contributed by atoms with Crippen LogP contribution >= 0.6 is 34.2 Å². The second-order valence-corrected chi connectivity index (χ2v) is 8.77. The molecule has 0 aliphatic carbocycles. The first-order valence-electron chi connectivity index (χ1n) is 9.51. The molecule has 2 heterocycles. The van der Waals surface area contributed by atoms with E-state index in [1.165, 1.54) is 9.13 Å². The van der Waals surface area contributed by atoms with E-state index in [0.29, 0.717) is 19.8 Å². The van der Waals surface area contributed by atoms with Gasteiger partial charge in [-0.25, -0.2) is 4.98 Å². The fourth-order valence-electron chi connectivity index (χ4n) is 3.36. The lowest BCUT2D eigenvalue weighted by atomic mass is 10.0. The van der Waals surface area contributed by atoms with E-state index in [-0.39, 0.29) is 6.10 Å². The van der Waals surface area contributed by atoms with E-state index < -0.39 is 5.79 Å². The summed E-state index contributed by atoms with van der Waals surface area (Å²) >= 11 is 8.28. The summed E-state index contributed by atoms with van der Waals surface area (Å²) < 4.78 is 21.7. The second kappa shape index (κ2) is 9.47. The van der Waals surface area contributed by atoms with Crippen LogP contribution in [0, 0.1) is 3.57 Å². The number of nitrogens with zero attached hydrogens (tertiary/aromatic N) is 2. The molecule has 152 valence electrons. The smallest absolute Gasteiger partial charge is 0.187 e. The minimum Gasteiger partial charge on any atom is -0.491 e. The SMILES string of the molecule is Clc1ccc(CC[C@@]2(Cn3ccnc3)OC[C@H](COc3ccc(I)cc3)O2)cc1. The molecule has 7 heteroatoms. The zero-order valence-corrected chi connectivity index (χ0v) is 18.8. The minimum atomic E-state index is -0.708. The van der Waals surface area contributed by atoms with Crippen LogP contribution in [0.5, 0.6) is 5.75 Å². The van der Waals surface area contributed by atoms with E-state index in [1.807, 2.05) is 59.3 Å². The number of halogens is 2. The highest BCUT2D eigenvalue weighted by Crippen LogP contribution is 2.31. The molecule has 1 aromatic heterocycles. The van der Waals surface area contributed by atoms with Gasteiger partial charge >= 0.3 is 0 Å².